The van der Waals surface area contributed by atoms with E-state index in [1.54, 1.807) is 6.92 Å². The predicted molar refractivity (Wildman–Crippen MR) is 80.6 cm³/mol. The second-order valence-electron chi connectivity index (χ2n) is 4.97. The normalized spacial score (nSPS) is 11.2. The van der Waals surface area contributed by atoms with Crippen molar-refractivity contribution >= 4 is 17.6 Å². The summed E-state index contributed by atoms with van der Waals surface area (Å²) in [4.78, 5) is 35.6. The van der Waals surface area contributed by atoms with Gasteiger partial charge in [-0.3, -0.25) is 14.9 Å². The first-order valence-corrected chi connectivity index (χ1v) is 6.86. The number of carbonyl (C=O) groups is 2. The molecule has 0 unspecified atom stereocenters. The number of amides is 1. The Balaban J connectivity index is 2.80. The van der Waals surface area contributed by atoms with E-state index in [9.17, 15) is 19.7 Å². The zero-order valence-electron chi connectivity index (χ0n) is 13.1. The molecule has 0 aliphatic carbocycles. The molecule has 1 rings (SSSR count). The van der Waals surface area contributed by atoms with Crippen LogP contribution in [0.2, 0.25) is 0 Å². The van der Waals surface area contributed by atoms with Gasteiger partial charge in [-0.2, -0.15) is 5.26 Å². The van der Waals surface area contributed by atoms with Gasteiger partial charge in [0.2, 0.25) is 0 Å². The first kappa shape index (κ1) is 18.1. The Morgan fingerprint density at radius 1 is 1.48 bits per heavy atom. The zero-order chi connectivity index (χ0) is 17.6. The van der Waals surface area contributed by atoms with Crippen molar-refractivity contribution in [1.29, 1.82) is 5.26 Å². The van der Waals surface area contributed by atoms with Crippen molar-refractivity contribution in [3.63, 3.8) is 0 Å². The van der Waals surface area contributed by atoms with E-state index in [-0.39, 0.29) is 24.2 Å². The van der Waals surface area contributed by atoms with Gasteiger partial charge in [-0.15, -0.1) is 0 Å². The minimum Gasteiger partial charge on any atom is -0.449 e. The number of hydrogen-bond donors (Lipinski definition) is 0. The van der Waals surface area contributed by atoms with Crippen molar-refractivity contribution in [3.05, 3.63) is 39.4 Å². The van der Waals surface area contributed by atoms with Crippen LogP contribution in [0.3, 0.4) is 0 Å². The highest BCUT2D eigenvalue weighted by Gasteiger charge is 2.23. The van der Waals surface area contributed by atoms with Crippen molar-refractivity contribution in [3.8, 4) is 6.07 Å². The minimum atomic E-state index is -1.05. The predicted octanol–water partition coefficient (Wildman–Crippen LogP) is 1.82. The van der Waals surface area contributed by atoms with Gasteiger partial charge in [0, 0.05) is 25.2 Å². The number of nitriles is 1. The Morgan fingerprint density at radius 2 is 2.13 bits per heavy atom. The average molecular weight is 319 g/mol. The van der Waals surface area contributed by atoms with Gasteiger partial charge in [0.05, 0.1) is 23.0 Å². The molecule has 0 aliphatic heterocycles. The van der Waals surface area contributed by atoms with Crippen LogP contribution in [0.4, 0.5) is 5.69 Å². The molecule has 8 nitrogen and oxygen atoms in total. The maximum atomic E-state index is 12.0. The summed E-state index contributed by atoms with van der Waals surface area (Å²) in [5.74, 6) is -1.27. The van der Waals surface area contributed by atoms with Gasteiger partial charge in [0.25, 0.3) is 11.6 Å². The average Bonchev–Trinajstić information content (AvgIpc) is 2.51. The number of carbonyl (C=O) groups excluding carboxylic acids is 2. The third kappa shape index (κ3) is 4.78. The van der Waals surface area contributed by atoms with Gasteiger partial charge in [-0.25, -0.2) is 4.79 Å². The summed E-state index contributed by atoms with van der Waals surface area (Å²) in [6.45, 7) is 3.20. The number of benzene rings is 1. The molecule has 0 fully saturated rings. The molecule has 0 aromatic heterocycles. The van der Waals surface area contributed by atoms with E-state index in [0.717, 1.165) is 6.07 Å². The smallest absolute Gasteiger partial charge is 0.339 e. The van der Waals surface area contributed by atoms with Gasteiger partial charge in [0.1, 0.15) is 0 Å². The van der Waals surface area contributed by atoms with Crippen LogP contribution < -0.4 is 0 Å². The lowest BCUT2D eigenvalue weighted by molar-refractivity contribution is -0.385. The molecule has 1 amide bonds. The fourth-order valence-electron chi connectivity index (χ4n) is 1.85. The van der Waals surface area contributed by atoms with E-state index in [2.05, 4.69) is 0 Å². The summed E-state index contributed by atoms with van der Waals surface area (Å²) in [5, 5.41) is 19.4. The number of aryl methyl sites for hydroxylation is 1. The van der Waals surface area contributed by atoms with Crippen LogP contribution in [0.25, 0.3) is 0 Å². The lowest BCUT2D eigenvalue weighted by Gasteiger charge is -2.20. The summed E-state index contributed by atoms with van der Waals surface area (Å²) in [7, 11) is 1.50. The molecule has 1 aromatic carbocycles. The fraction of sp³-hybridized carbons (Fsp3) is 0.400. The minimum absolute atomic E-state index is 0.00151. The summed E-state index contributed by atoms with van der Waals surface area (Å²) in [5.41, 5.74) is 0.234. The monoisotopic (exact) mass is 319 g/mol. The molecule has 1 atom stereocenters. The number of rotatable bonds is 6. The molecule has 0 aliphatic rings. The Bertz CT molecular complexity index is 666. The molecule has 23 heavy (non-hydrogen) atoms. The molecule has 0 bridgehead atoms. The maximum Gasteiger partial charge on any atom is 0.339 e. The Kier molecular flexibility index (Phi) is 6.21. The molecule has 122 valence electrons. The summed E-state index contributed by atoms with van der Waals surface area (Å²) in [6.07, 6.45) is -0.876. The number of hydrogen-bond acceptors (Lipinski definition) is 6. The van der Waals surface area contributed by atoms with Crippen LogP contribution in [0.1, 0.15) is 29.3 Å². The van der Waals surface area contributed by atoms with E-state index in [0.29, 0.717) is 5.56 Å². The summed E-state index contributed by atoms with van der Waals surface area (Å²) < 4.78 is 5.04. The fourth-order valence-corrected chi connectivity index (χ4v) is 1.85. The molecular formula is C15H17N3O5. The van der Waals surface area contributed by atoms with Crippen molar-refractivity contribution in [2.45, 2.75) is 26.4 Å². The molecule has 0 spiro atoms. The van der Waals surface area contributed by atoms with Crippen LogP contribution in [-0.4, -0.2) is 41.4 Å². The van der Waals surface area contributed by atoms with E-state index in [4.69, 9.17) is 10.00 Å². The highest BCUT2D eigenvalue weighted by molar-refractivity contribution is 5.92. The molecule has 0 saturated carbocycles. The highest BCUT2D eigenvalue weighted by atomic mass is 16.6. The van der Waals surface area contributed by atoms with Crippen LogP contribution in [0.5, 0.6) is 0 Å². The second kappa shape index (κ2) is 7.89. The number of nitro groups is 1. The highest BCUT2D eigenvalue weighted by Crippen LogP contribution is 2.20. The maximum absolute atomic E-state index is 12.0. The van der Waals surface area contributed by atoms with E-state index in [1.165, 1.54) is 31.0 Å². The summed E-state index contributed by atoms with van der Waals surface area (Å²) >= 11 is 0. The van der Waals surface area contributed by atoms with Crippen molar-refractivity contribution in [2.24, 2.45) is 0 Å². The molecular weight excluding hydrogens is 302 g/mol. The van der Waals surface area contributed by atoms with Crippen molar-refractivity contribution < 1.29 is 19.2 Å². The van der Waals surface area contributed by atoms with Gasteiger partial charge >= 0.3 is 5.97 Å². The van der Waals surface area contributed by atoms with E-state index >= 15 is 0 Å². The second-order valence-corrected chi connectivity index (χ2v) is 4.97. The lowest BCUT2D eigenvalue weighted by atomic mass is 10.1. The van der Waals surface area contributed by atoms with Crippen LogP contribution in [0.15, 0.2) is 18.2 Å². The largest absolute Gasteiger partial charge is 0.449 e. The van der Waals surface area contributed by atoms with E-state index < -0.39 is 22.9 Å². The van der Waals surface area contributed by atoms with Crippen molar-refractivity contribution in [1.82, 2.24) is 4.90 Å². The molecule has 0 heterocycles. The number of ether oxygens (including phenoxy) is 1. The zero-order valence-corrected chi connectivity index (χ0v) is 13.1. The molecule has 8 heteroatoms. The van der Waals surface area contributed by atoms with E-state index in [1.807, 2.05) is 6.07 Å². The van der Waals surface area contributed by atoms with Crippen molar-refractivity contribution in [2.75, 3.05) is 13.6 Å². The molecule has 0 radical (unpaired) electrons. The molecule has 0 N–H and O–H groups in total. The quantitative estimate of drug-likeness (QED) is 0.449. The SMILES string of the molecule is Cc1ccc(C(=O)O[C@H](C)C(=O)N(C)CCC#N)cc1[N+](=O)[O-]. The number of esters is 1. The van der Waals surface area contributed by atoms with Crippen LogP contribution >= 0.6 is 0 Å². The number of nitro benzene ring substituents is 1. The van der Waals surface area contributed by atoms with Crippen LogP contribution in [0, 0.1) is 28.4 Å². The third-order valence-electron chi connectivity index (χ3n) is 3.21. The summed E-state index contributed by atoms with van der Waals surface area (Å²) in [6, 6.07) is 5.88. The van der Waals surface area contributed by atoms with Gasteiger partial charge < -0.3 is 9.64 Å². The Hall–Kier alpha value is -2.95. The Labute approximate surface area is 133 Å². The first-order chi connectivity index (χ1) is 10.8. The Morgan fingerprint density at radius 3 is 2.70 bits per heavy atom. The third-order valence-corrected chi connectivity index (χ3v) is 3.21. The first-order valence-electron chi connectivity index (χ1n) is 6.86. The van der Waals surface area contributed by atoms with Crippen LogP contribution in [-0.2, 0) is 9.53 Å². The molecule has 0 saturated heterocycles. The molecule has 1 aromatic rings. The van der Waals surface area contributed by atoms with Gasteiger partial charge in [0.15, 0.2) is 6.10 Å². The van der Waals surface area contributed by atoms with Gasteiger partial charge in [-0.1, -0.05) is 6.07 Å². The number of likely N-dealkylation sites (N-methyl/N-ethyl adjacent to an activating group) is 1. The topological polar surface area (TPSA) is 114 Å². The standard InChI is InChI=1S/C15H17N3O5/c1-10-5-6-12(9-13(10)18(21)22)15(20)23-11(2)14(19)17(3)8-4-7-16/h5-6,9,11H,4,8H2,1-3H3/t11-/m1/s1. The van der Waals surface area contributed by atoms with Gasteiger partial charge in [-0.05, 0) is 19.9 Å². The number of nitrogens with zero attached hydrogens (tertiary/aromatic N) is 3. The lowest BCUT2D eigenvalue weighted by Crippen LogP contribution is -2.37.